The largest absolute Gasteiger partial charge is 0.350 e. The second-order valence-corrected chi connectivity index (χ2v) is 7.58. The topological polar surface area (TPSA) is 59.0 Å². The summed E-state index contributed by atoms with van der Waals surface area (Å²) in [6, 6.07) is 2.13. The first-order chi connectivity index (χ1) is 9.82. The number of aromatic nitrogens is 2. The van der Waals surface area contributed by atoms with Gasteiger partial charge in [0.05, 0.1) is 0 Å². The fourth-order valence-corrected chi connectivity index (χ4v) is 3.75. The Morgan fingerprint density at radius 2 is 1.86 bits per heavy atom. The van der Waals surface area contributed by atoms with E-state index in [2.05, 4.69) is 43.4 Å². The van der Waals surface area contributed by atoms with E-state index in [1.165, 1.54) is 0 Å². The number of hydrogen-bond donors (Lipinski definition) is 2. The van der Waals surface area contributed by atoms with Gasteiger partial charge in [0.15, 0.2) is 0 Å². The van der Waals surface area contributed by atoms with Crippen LogP contribution in [-0.2, 0) is 10.3 Å². The second-order valence-electron chi connectivity index (χ2n) is 7.58. The van der Waals surface area contributed by atoms with Gasteiger partial charge in [0, 0.05) is 18.4 Å². The highest BCUT2D eigenvalue weighted by atomic mass is 16.2. The molecule has 2 heterocycles. The molecule has 3 rings (SSSR count). The highest BCUT2D eigenvalue weighted by Crippen LogP contribution is 2.62. The van der Waals surface area contributed by atoms with E-state index in [0.717, 1.165) is 25.9 Å². The van der Waals surface area contributed by atoms with Gasteiger partial charge in [-0.25, -0.2) is 0 Å². The Kier molecular flexibility index (Phi) is 3.17. The van der Waals surface area contributed by atoms with Gasteiger partial charge in [-0.2, -0.15) is 5.10 Å². The zero-order valence-electron chi connectivity index (χ0n) is 13.4. The summed E-state index contributed by atoms with van der Waals surface area (Å²) >= 11 is 0. The number of nitrogens with one attached hydrogen (secondary N) is 2. The van der Waals surface area contributed by atoms with Gasteiger partial charge in [0.2, 0.25) is 5.91 Å². The van der Waals surface area contributed by atoms with E-state index in [9.17, 15) is 4.79 Å². The molecule has 1 aliphatic carbocycles. The lowest BCUT2D eigenvalue weighted by atomic mass is 9.87. The second kappa shape index (κ2) is 4.57. The minimum atomic E-state index is -0.538. The highest BCUT2D eigenvalue weighted by molar-refractivity contribution is 5.85. The first kappa shape index (κ1) is 14.6. The minimum Gasteiger partial charge on any atom is -0.350 e. The molecule has 0 unspecified atom stereocenters. The van der Waals surface area contributed by atoms with Gasteiger partial charge in [0.25, 0.3) is 0 Å². The molecule has 1 saturated heterocycles. The fraction of sp³-hybridized carbons (Fsp3) is 0.750. The summed E-state index contributed by atoms with van der Waals surface area (Å²) in [5.41, 5.74) is -0.231. The van der Waals surface area contributed by atoms with E-state index < -0.39 is 5.54 Å². The van der Waals surface area contributed by atoms with Gasteiger partial charge >= 0.3 is 0 Å². The third kappa shape index (κ3) is 2.01. The smallest absolute Gasteiger partial charge is 0.248 e. The van der Waals surface area contributed by atoms with Crippen LogP contribution >= 0.6 is 0 Å². The Hall–Kier alpha value is -1.36. The number of hydrogen-bond acceptors (Lipinski definition) is 3. The summed E-state index contributed by atoms with van der Waals surface area (Å²) in [5.74, 6) is 0.122. The third-order valence-corrected chi connectivity index (χ3v) is 6.09. The summed E-state index contributed by atoms with van der Waals surface area (Å²) in [4.78, 5) is 13.0. The summed E-state index contributed by atoms with van der Waals surface area (Å²) in [6.07, 6.45) is 5.23. The lowest BCUT2D eigenvalue weighted by Gasteiger charge is -2.36. The quantitative estimate of drug-likeness (QED) is 0.887. The molecule has 1 aromatic rings. The molecule has 0 radical (unpaired) electrons. The molecule has 0 aromatic carbocycles. The molecule has 1 aromatic heterocycles. The van der Waals surface area contributed by atoms with Gasteiger partial charge in [0.1, 0.15) is 5.54 Å². The maximum atomic E-state index is 13.0. The van der Waals surface area contributed by atoms with Gasteiger partial charge in [-0.3, -0.25) is 9.48 Å². The van der Waals surface area contributed by atoms with Crippen LogP contribution in [0.1, 0.15) is 40.5 Å². The maximum Gasteiger partial charge on any atom is 0.248 e. The number of nitrogens with zero attached hydrogens (tertiary/aromatic N) is 2. The van der Waals surface area contributed by atoms with E-state index in [-0.39, 0.29) is 22.8 Å². The standard InChI is InChI=1S/C16H26N4O/c1-14(2)12(15(14,3)4)19-13(21)16(6-9-17-10-7-16)20-11-5-8-18-20/h5,8,11-12,17H,6-7,9-10H2,1-4H3,(H,19,21). The van der Waals surface area contributed by atoms with Crippen molar-refractivity contribution in [1.82, 2.24) is 20.4 Å². The van der Waals surface area contributed by atoms with Crippen LogP contribution in [0.25, 0.3) is 0 Å². The van der Waals surface area contributed by atoms with E-state index in [1.54, 1.807) is 6.20 Å². The third-order valence-electron chi connectivity index (χ3n) is 6.09. The molecule has 116 valence electrons. The molecule has 0 spiro atoms. The van der Waals surface area contributed by atoms with Crippen LogP contribution in [0, 0.1) is 10.8 Å². The van der Waals surface area contributed by atoms with E-state index in [1.807, 2.05) is 16.9 Å². The SMILES string of the molecule is CC1(C)C(NC(=O)C2(n3cccn3)CCNCC2)C1(C)C. The number of rotatable bonds is 3. The molecule has 1 saturated carbocycles. The van der Waals surface area contributed by atoms with Crippen molar-refractivity contribution in [2.45, 2.75) is 52.1 Å². The lowest BCUT2D eigenvalue weighted by molar-refractivity contribution is -0.132. The van der Waals surface area contributed by atoms with Crippen LogP contribution in [-0.4, -0.2) is 34.8 Å². The predicted molar refractivity (Wildman–Crippen MR) is 81.8 cm³/mol. The monoisotopic (exact) mass is 290 g/mol. The number of carbonyl (C=O) groups is 1. The number of piperidine rings is 1. The molecular weight excluding hydrogens is 264 g/mol. The summed E-state index contributed by atoms with van der Waals surface area (Å²) in [5, 5.41) is 11.0. The van der Waals surface area contributed by atoms with Crippen LogP contribution in [0.2, 0.25) is 0 Å². The van der Waals surface area contributed by atoms with Crippen molar-refractivity contribution in [3.05, 3.63) is 18.5 Å². The Balaban J connectivity index is 1.83. The molecule has 2 N–H and O–H groups in total. The van der Waals surface area contributed by atoms with Gasteiger partial charge < -0.3 is 10.6 Å². The Morgan fingerprint density at radius 1 is 1.24 bits per heavy atom. The van der Waals surface area contributed by atoms with Crippen LogP contribution in [0.3, 0.4) is 0 Å². The zero-order chi connectivity index (χ0) is 15.3. The molecule has 21 heavy (non-hydrogen) atoms. The van der Waals surface area contributed by atoms with Crippen molar-refractivity contribution in [3.63, 3.8) is 0 Å². The van der Waals surface area contributed by atoms with E-state index in [0.29, 0.717) is 0 Å². The Morgan fingerprint density at radius 3 is 2.33 bits per heavy atom. The van der Waals surface area contributed by atoms with Crippen molar-refractivity contribution >= 4 is 5.91 Å². The van der Waals surface area contributed by atoms with E-state index in [4.69, 9.17) is 0 Å². The van der Waals surface area contributed by atoms with Crippen LogP contribution in [0.4, 0.5) is 0 Å². The van der Waals surface area contributed by atoms with Crippen LogP contribution in [0.5, 0.6) is 0 Å². The van der Waals surface area contributed by atoms with Crippen molar-refractivity contribution < 1.29 is 4.79 Å². The predicted octanol–water partition coefficient (Wildman–Crippen LogP) is 1.51. The zero-order valence-corrected chi connectivity index (χ0v) is 13.4. The molecular formula is C16H26N4O. The van der Waals surface area contributed by atoms with Crippen molar-refractivity contribution in [1.29, 1.82) is 0 Å². The summed E-state index contributed by atoms with van der Waals surface area (Å²) < 4.78 is 1.85. The van der Waals surface area contributed by atoms with Gasteiger partial charge in [-0.15, -0.1) is 0 Å². The normalized spacial score (nSPS) is 26.3. The first-order valence-corrected chi connectivity index (χ1v) is 7.84. The van der Waals surface area contributed by atoms with Gasteiger partial charge in [-0.1, -0.05) is 27.7 Å². The highest BCUT2D eigenvalue weighted by Gasteiger charge is 2.66. The molecule has 1 aliphatic heterocycles. The Labute approximate surface area is 126 Å². The molecule has 0 atom stereocenters. The molecule has 2 aliphatic rings. The summed E-state index contributed by atoms with van der Waals surface area (Å²) in [7, 11) is 0. The van der Waals surface area contributed by atoms with E-state index >= 15 is 0 Å². The van der Waals surface area contributed by atoms with Crippen molar-refractivity contribution in [3.8, 4) is 0 Å². The maximum absolute atomic E-state index is 13.0. The fourth-order valence-electron chi connectivity index (χ4n) is 3.75. The average molecular weight is 290 g/mol. The average Bonchev–Trinajstić information content (AvgIpc) is 2.89. The van der Waals surface area contributed by atoms with Crippen molar-refractivity contribution in [2.75, 3.05) is 13.1 Å². The van der Waals surface area contributed by atoms with Gasteiger partial charge in [-0.05, 0) is 42.8 Å². The first-order valence-electron chi connectivity index (χ1n) is 7.84. The Bertz CT molecular complexity index is 512. The molecule has 0 bridgehead atoms. The number of carbonyl (C=O) groups excluding carboxylic acids is 1. The molecule has 5 nitrogen and oxygen atoms in total. The lowest BCUT2D eigenvalue weighted by Crippen LogP contribution is -2.55. The number of amides is 1. The van der Waals surface area contributed by atoms with Crippen molar-refractivity contribution in [2.24, 2.45) is 10.8 Å². The molecule has 5 heteroatoms. The molecule has 2 fully saturated rings. The van der Waals surface area contributed by atoms with Crippen LogP contribution in [0.15, 0.2) is 18.5 Å². The molecule has 1 amide bonds. The summed E-state index contributed by atoms with van der Waals surface area (Å²) in [6.45, 7) is 10.6. The minimum absolute atomic E-state index is 0.122. The van der Waals surface area contributed by atoms with Crippen LogP contribution < -0.4 is 10.6 Å².